The highest BCUT2D eigenvalue weighted by molar-refractivity contribution is 7.99. The third-order valence-electron chi connectivity index (χ3n) is 3.99. The first-order valence-electron chi connectivity index (χ1n) is 7.74. The Kier molecular flexibility index (Phi) is 5.13. The van der Waals surface area contributed by atoms with E-state index in [9.17, 15) is 13.2 Å². The van der Waals surface area contributed by atoms with Gasteiger partial charge in [-0.2, -0.15) is 0 Å². The summed E-state index contributed by atoms with van der Waals surface area (Å²) in [6, 6.07) is 9.98. The molecule has 0 amide bonds. The van der Waals surface area contributed by atoms with Gasteiger partial charge in [-0.3, -0.25) is 4.98 Å². The molecule has 0 aliphatic heterocycles. The van der Waals surface area contributed by atoms with Gasteiger partial charge in [0.15, 0.2) is 0 Å². The third kappa shape index (κ3) is 3.87. The van der Waals surface area contributed by atoms with E-state index in [1.807, 2.05) is 13.0 Å². The molecule has 0 bridgehead atoms. The van der Waals surface area contributed by atoms with Crippen LogP contribution in [0.1, 0.15) is 27.5 Å². The molecular formula is C20H16F3NS. The number of nitrogens with zero attached hydrogens (tertiary/aromatic N) is 1. The fourth-order valence-corrected chi connectivity index (χ4v) is 3.93. The van der Waals surface area contributed by atoms with E-state index < -0.39 is 16.9 Å². The molecule has 1 heterocycles. The first-order valence-corrected chi connectivity index (χ1v) is 8.62. The Bertz CT molecular complexity index is 911. The summed E-state index contributed by atoms with van der Waals surface area (Å²) >= 11 is 1.34. The van der Waals surface area contributed by atoms with Crippen molar-refractivity contribution in [1.82, 2.24) is 4.98 Å². The molecule has 0 fully saturated rings. The van der Waals surface area contributed by atoms with Crippen LogP contribution in [0, 0.1) is 31.3 Å². The van der Waals surface area contributed by atoms with Crippen LogP contribution in [-0.4, -0.2) is 4.98 Å². The molecule has 3 rings (SSSR count). The number of hydrogen-bond donors (Lipinski definition) is 0. The van der Waals surface area contributed by atoms with Crippen molar-refractivity contribution in [2.24, 2.45) is 0 Å². The molecular weight excluding hydrogens is 343 g/mol. The summed E-state index contributed by atoms with van der Waals surface area (Å²) in [6.45, 7) is 3.57. The summed E-state index contributed by atoms with van der Waals surface area (Å²) in [5.41, 5.74) is 2.46. The Morgan fingerprint density at radius 1 is 0.840 bits per heavy atom. The molecule has 0 aliphatic rings. The minimum Gasteiger partial charge on any atom is -0.264 e. The van der Waals surface area contributed by atoms with Crippen molar-refractivity contribution in [1.29, 1.82) is 0 Å². The first kappa shape index (κ1) is 17.5. The van der Waals surface area contributed by atoms with Gasteiger partial charge in [0.2, 0.25) is 0 Å². The second-order valence-corrected chi connectivity index (χ2v) is 6.99. The van der Waals surface area contributed by atoms with Crippen LogP contribution in [0.5, 0.6) is 0 Å². The van der Waals surface area contributed by atoms with Gasteiger partial charge >= 0.3 is 0 Å². The van der Waals surface area contributed by atoms with E-state index in [0.717, 1.165) is 28.2 Å². The maximum absolute atomic E-state index is 14.4. The van der Waals surface area contributed by atoms with Crippen molar-refractivity contribution in [2.45, 2.75) is 24.0 Å². The van der Waals surface area contributed by atoms with Gasteiger partial charge in [0.1, 0.15) is 17.5 Å². The predicted octanol–water partition coefficient (Wildman–Crippen LogP) is 6.00. The fraction of sp³-hybridized carbons (Fsp3) is 0.150. The number of pyridine rings is 1. The predicted molar refractivity (Wildman–Crippen MR) is 94.2 cm³/mol. The lowest BCUT2D eigenvalue weighted by atomic mass is 10.0. The molecule has 0 N–H and O–H groups in total. The number of aryl methyl sites for hydroxylation is 2. The Labute approximate surface area is 148 Å². The lowest BCUT2D eigenvalue weighted by molar-refractivity contribution is 0.587. The highest BCUT2D eigenvalue weighted by Crippen LogP contribution is 2.42. The van der Waals surface area contributed by atoms with Crippen LogP contribution in [0.2, 0.25) is 0 Å². The van der Waals surface area contributed by atoms with Crippen molar-refractivity contribution >= 4 is 11.8 Å². The van der Waals surface area contributed by atoms with E-state index >= 15 is 0 Å². The normalized spacial score (nSPS) is 12.2. The second-order valence-electron chi connectivity index (χ2n) is 5.81. The molecule has 5 heteroatoms. The Hall–Kier alpha value is -2.27. The van der Waals surface area contributed by atoms with Crippen molar-refractivity contribution in [3.05, 3.63) is 94.6 Å². The average molecular weight is 359 g/mol. The van der Waals surface area contributed by atoms with E-state index in [2.05, 4.69) is 4.98 Å². The molecule has 128 valence electrons. The Balaban J connectivity index is 2.10. The van der Waals surface area contributed by atoms with E-state index in [4.69, 9.17) is 0 Å². The number of halogens is 3. The smallest absolute Gasteiger partial charge is 0.128 e. The average Bonchev–Trinajstić information content (AvgIpc) is 2.59. The molecule has 0 spiro atoms. The van der Waals surface area contributed by atoms with Crippen LogP contribution >= 0.6 is 11.8 Å². The maximum Gasteiger partial charge on any atom is 0.128 e. The largest absolute Gasteiger partial charge is 0.264 e. The zero-order valence-corrected chi connectivity index (χ0v) is 14.6. The van der Waals surface area contributed by atoms with Gasteiger partial charge in [-0.25, -0.2) is 13.2 Å². The van der Waals surface area contributed by atoms with Crippen molar-refractivity contribution in [3.63, 3.8) is 0 Å². The fourth-order valence-electron chi connectivity index (χ4n) is 2.59. The zero-order valence-electron chi connectivity index (χ0n) is 13.8. The minimum absolute atomic E-state index is 0.239. The van der Waals surface area contributed by atoms with E-state index in [1.54, 1.807) is 31.5 Å². The number of aromatic nitrogens is 1. The van der Waals surface area contributed by atoms with Gasteiger partial charge in [0.25, 0.3) is 0 Å². The molecule has 1 atom stereocenters. The summed E-state index contributed by atoms with van der Waals surface area (Å²) in [6.07, 6.45) is 3.32. The third-order valence-corrected chi connectivity index (χ3v) is 5.26. The highest BCUT2D eigenvalue weighted by atomic mass is 32.2. The quantitative estimate of drug-likeness (QED) is 0.530. The summed E-state index contributed by atoms with van der Waals surface area (Å²) < 4.78 is 41.7. The van der Waals surface area contributed by atoms with Gasteiger partial charge in [-0.15, -0.1) is 11.8 Å². The minimum atomic E-state index is -0.501. The van der Waals surface area contributed by atoms with Crippen LogP contribution in [0.15, 0.2) is 59.8 Å². The Morgan fingerprint density at radius 2 is 1.60 bits per heavy atom. The lowest BCUT2D eigenvalue weighted by Gasteiger charge is -2.20. The van der Waals surface area contributed by atoms with Crippen LogP contribution in [0.25, 0.3) is 0 Å². The van der Waals surface area contributed by atoms with Crippen LogP contribution < -0.4 is 0 Å². The van der Waals surface area contributed by atoms with Crippen LogP contribution in [0.3, 0.4) is 0 Å². The monoisotopic (exact) mass is 359 g/mol. The number of thioether (sulfide) groups is 1. The standard InChI is InChI=1S/C20H16F3NS/c1-12-7-8-24-11-17(12)20(16-10-14(21)3-5-19(16)23)25-15-4-6-18(22)13(2)9-15/h3-11,20H,1-2H3. The van der Waals surface area contributed by atoms with Crippen molar-refractivity contribution < 1.29 is 13.2 Å². The molecule has 0 radical (unpaired) electrons. The summed E-state index contributed by atoms with van der Waals surface area (Å²) in [5, 5.41) is -0.491. The number of hydrogen-bond acceptors (Lipinski definition) is 2. The Morgan fingerprint density at radius 3 is 2.32 bits per heavy atom. The molecule has 25 heavy (non-hydrogen) atoms. The van der Waals surface area contributed by atoms with Crippen molar-refractivity contribution in [3.8, 4) is 0 Å². The second kappa shape index (κ2) is 7.31. The molecule has 1 aromatic heterocycles. The van der Waals surface area contributed by atoms with Gasteiger partial charge in [0.05, 0.1) is 5.25 Å². The molecule has 1 nitrogen and oxygen atoms in total. The zero-order chi connectivity index (χ0) is 18.0. The molecule has 3 aromatic rings. The van der Waals surface area contributed by atoms with Gasteiger partial charge < -0.3 is 0 Å². The summed E-state index contributed by atoms with van der Waals surface area (Å²) in [4.78, 5) is 4.90. The number of rotatable bonds is 4. The van der Waals surface area contributed by atoms with Crippen molar-refractivity contribution in [2.75, 3.05) is 0 Å². The first-order chi connectivity index (χ1) is 12.0. The van der Waals surface area contributed by atoms with Crippen LogP contribution in [-0.2, 0) is 0 Å². The van der Waals surface area contributed by atoms with Gasteiger partial charge in [-0.05, 0) is 73.0 Å². The lowest BCUT2D eigenvalue weighted by Crippen LogP contribution is -2.04. The maximum atomic E-state index is 14.4. The topological polar surface area (TPSA) is 12.9 Å². The molecule has 0 saturated heterocycles. The molecule has 1 unspecified atom stereocenters. The van der Waals surface area contributed by atoms with E-state index in [1.165, 1.54) is 23.9 Å². The van der Waals surface area contributed by atoms with E-state index in [0.29, 0.717) is 5.56 Å². The summed E-state index contributed by atoms with van der Waals surface area (Å²) in [7, 11) is 0. The summed E-state index contributed by atoms with van der Waals surface area (Å²) in [5.74, 6) is -1.28. The van der Waals surface area contributed by atoms with Crippen LogP contribution in [0.4, 0.5) is 13.2 Å². The number of benzene rings is 2. The highest BCUT2D eigenvalue weighted by Gasteiger charge is 2.22. The molecule has 0 saturated carbocycles. The van der Waals surface area contributed by atoms with Gasteiger partial charge in [-0.1, -0.05) is 0 Å². The SMILES string of the molecule is Cc1cc(SC(c2cnccc2C)c2cc(F)ccc2F)ccc1F. The van der Waals surface area contributed by atoms with E-state index in [-0.39, 0.29) is 11.4 Å². The molecule has 2 aromatic carbocycles. The van der Waals surface area contributed by atoms with Gasteiger partial charge in [0, 0.05) is 22.9 Å². The molecule has 0 aliphatic carbocycles.